The molecule has 2 aromatic heterocycles. The predicted molar refractivity (Wildman–Crippen MR) is 89.7 cm³/mol. The van der Waals surface area contributed by atoms with Crippen molar-refractivity contribution in [2.75, 3.05) is 10.6 Å². The maximum atomic E-state index is 14.0. The Balaban J connectivity index is 1.75. The lowest BCUT2D eigenvalue weighted by atomic mass is 10.2. The molecule has 0 aliphatic rings. The number of nitrogens with one attached hydrogen (secondary N) is 2. The normalized spacial score (nSPS) is 12.0. The molecule has 0 bridgehead atoms. The Morgan fingerprint density at radius 2 is 2.17 bits per heavy atom. The second kappa shape index (κ2) is 6.79. The molecule has 0 saturated carbocycles. The number of aromatic nitrogens is 2. The Bertz CT molecular complexity index is 848. The van der Waals surface area contributed by atoms with Crippen LogP contribution in [0.4, 0.5) is 15.8 Å². The van der Waals surface area contributed by atoms with Gasteiger partial charge in [0, 0.05) is 18.0 Å². The third kappa shape index (κ3) is 3.60. The van der Waals surface area contributed by atoms with Crippen LogP contribution in [-0.4, -0.2) is 16.1 Å². The third-order valence-corrected chi connectivity index (χ3v) is 3.98. The fourth-order valence-corrected chi connectivity index (χ4v) is 2.73. The molecule has 0 unspecified atom stereocenters. The molecule has 0 radical (unpaired) electrons. The van der Waals surface area contributed by atoms with Gasteiger partial charge in [0.2, 0.25) is 11.8 Å². The molecule has 0 spiro atoms. The summed E-state index contributed by atoms with van der Waals surface area (Å²) in [6.07, 6.45) is 0. The molecular weight excluding hydrogens is 331 g/mol. The van der Waals surface area contributed by atoms with Crippen molar-refractivity contribution in [1.29, 1.82) is 0 Å². The Morgan fingerprint density at radius 3 is 2.83 bits per heavy atom. The first-order valence-electron chi connectivity index (χ1n) is 7.22. The summed E-state index contributed by atoms with van der Waals surface area (Å²) in [7, 11) is 0. The van der Waals surface area contributed by atoms with Gasteiger partial charge >= 0.3 is 0 Å². The molecule has 0 aliphatic carbocycles. The molecule has 0 saturated heterocycles. The molecule has 1 amide bonds. The van der Waals surface area contributed by atoms with E-state index in [1.54, 1.807) is 29.8 Å². The SMILES string of the molecule is Cc1nnc([C@@H](C)Nc2ccc(F)c(NC(=O)c3ccsc3)c2)o1. The minimum Gasteiger partial charge on any atom is -0.423 e. The first-order valence-corrected chi connectivity index (χ1v) is 8.17. The number of aryl methyl sites for hydroxylation is 1. The summed E-state index contributed by atoms with van der Waals surface area (Å²) in [6, 6.07) is 5.82. The van der Waals surface area contributed by atoms with Gasteiger partial charge in [-0.25, -0.2) is 4.39 Å². The van der Waals surface area contributed by atoms with Gasteiger partial charge in [-0.15, -0.1) is 10.2 Å². The molecule has 3 aromatic rings. The lowest BCUT2D eigenvalue weighted by Crippen LogP contribution is -2.13. The van der Waals surface area contributed by atoms with E-state index >= 15 is 0 Å². The molecule has 2 N–H and O–H groups in total. The van der Waals surface area contributed by atoms with E-state index in [1.807, 2.05) is 6.92 Å². The maximum Gasteiger partial charge on any atom is 0.256 e. The van der Waals surface area contributed by atoms with E-state index in [-0.39, 0.29) is 17.6 Å². The van der Waals surface area contributed by atoms with Crippen LogP contribution in [0.1, 0.15) is 35.1 Å². The third-order valence-electron chi connectivity index (χ3n) is 3.29. The highest BCUT2D eigenvalue weighted by Gasteiger charge is 2.14. The summed E-state index contributed by atoms with van der Waals surface area (Å²) in [6.45, 7) is 3.55. The number of nitrogens with zero attached hydrogens (tertiary/aromatic N) is 2. The van der Waals surface area contributed by atoms with Crippen LogP contribution in [-0.2, 0) is 0 Å². The van der Waals surface area contributed by atoms with Gasteiger partial charge in [0.25, 0.3) is 5.91 Å². The van der Waals surface area contributed by atoms with E-state index in [4.69, 9.17) is 4.42 Å². The van der Waals surface area contributed by atoms with Gasteiger partial charge in [-0.3, -0.25) is 4.79 Å². The Labute approximate surface area is 141 Å². The van der Waals surface area contributed by atoms with Crippen LogP contribution in [0, 0.1) is 12.7 Å². The van der Waals surface area contributed by atoms with Crippen LogP contribution in [0.15, 0.2) is 39.4 Å². The quantitative estimate of drug-likeness (QED) is 0.730. The van der Waals surface area contributed by atoms with E-state index in [2.05, 4.69) is 20.8 Å². The molecule has 8 heteroatoms. The van der Waals surface area contributed by atoms with E-state index in [0.29, 0.717) is 23.0 Å². The molecule has 0 fully saturated rings. The summed E-state index contributed by atoms with van der Waals surface area (Å²) < 4.78 is 19.3. The molecule has 2 heterocycles. The van der Waals surface area contributed by atoms with E-state index < -0.39 is 5.82 Å². The molecule has 1 aromatic carbocycles. The number of hydrogen-bond donors (Lipinski definition) is 2. The maximum absolute atomic E-state index is 14.0. The highest BCUT2D eigenvalue weighted by Crippen LogP contribution is 2.24. The van der Waals surface area contributed by atoms with Crippen LogP contribution in [0.2, 0.25) is 0 Å². The second-order valence-corrected chi connectivity index (χ2v) is 5.97. The number of amides is 1. The largest absolute Gasteiger partial charge is 0.423 e. The number of thiophene rings is 1. The van der Waals surface area contributed by atoms with Gasteiger partial charge in [0.15, 0.2) is 0 Å². The Morgan fingerprint density at radius 1 is 1.33 bits per heavy atom. The molecule has 3 rings (SSSR count). The van der Waals surface area contributed by atoms with Gasteiger partial charge in [-0.05, 0) is 36.6 Å². The zero-order valence-corrected chi connectivity index (χ0v) is 13.9. The summed E-state index contributed by atoms with van der Waals surface area (Å²) in [5, 5.41) is 16.9. The lowest BCUT2D eigenvalue weighted by Gasteiger charge is -2.13. The van der Waals surface area contributed by atoms with Crippen molar-refractivity contribution in [3.8, 4) is 0 Å². The highest BCUT2D eigenvalue weighted by molar-refractivity contribution is 7.08. The molecule has 6 nitrogen and oxygen atoms in total. The van der Waals surface area contributed by atoms with Crippen LogP contribution in [0.25, 0.3) is 0 Å². The standard InChI is InChI=1S/C16H15FN4O2S/c1-9(16-21-20-10(2)23-16)18-12-3-4-13(17)14(7-12)19-15(22)11-5-6-24-8-11/h3-9,18H,1-2H3,(H,19,22)/t9-/m1/s1. The van der Waals surface area contributed by atoms with Crippen LogP contribution < -0.4 is 10.6 Å². The van der Waals surface area contributed by atoms with Gasteiger partial charge in [-0.2, -0.15) is 11.3 Å². The van der Waals surface area contributed by atoms with Gasteiger partial charge < -0.3 is 15.1 Å². The number of carbonyl (C=O) groups is 1. The minimum atomic E-state index is -0.509. The zero-order valence-electron chi connectivity index (χ0n) is 13.0. The number of benzene rings is 1. The molecule has 1 atom stereocenters. The van der Waals surface area contributed by atoms with Gasteiger partial charge in [-0.1, -0.05) is 0 Å². The zero-order chi connectivity index (χ0) is 17.1. The van der Waals surface area contributed by atoms with Crippen molar-refractivity contribution < 1.29 is 13.6 Å². The van der Waals surface area contributed by atoms with E-state index in [9.17, 15) is 9.18 Å². The lowest BCUT2D eigenvalue weighted by molar-refractivity contribution is 0.102. The number of carbonyl (C=O) groups excluding carboxylic acids is 1. The Kier molecular flexibility index (Phi) is 4.57. The van der Waals surface area contributed by atoms with Crippen LogP contribution in [0.5, 0.6) is 0 Å². The number of rotatable bonds is 5. The summed E-state index contributed by atoms with van der Waals surface area (Å²) in [5.74, 6) is 0.0421. The molecule has 0 aliphatic heterocycles. The van der Waals surface area contributed by atoms with Crippen molar-refractivity contribution in [2.45, 2.75) is 19.9 Å². The first-order chi connectivity index (χ1) is 11.5. The fraction of sp³-hybridized carbons (Fsp3) is 0.188. The second-order valence-electron chi connectivity index (χ2n) is 5.19. The molecule has 24 heavy (non-hydrogen) atoms. The van der Waals surface area contributed by atoms with Gasteiger partial charge in [0.05, 0.1) is 11.3 Å². The number of anilines is 2. The predicted octanol–water partition coefficient (Wildman–Crippen LogP) is 4.00. The average molecular weight is 346 g/mol. The van der Waals surface area contributed by atoms with Crippen LogP contribution >= 0.6 is 11.3 Å². The van der Waals surface area contributed by atoms with Crippen molar-refractivity contribution in [3.05, 3.63) is 58.2 Å². The highest BCUT2D eigenvalue weighted by atomic mass is 32.1. The topological polar surface area (TPSA) is 80.0 Å². The average Bonchev–Trinajstić information content (AvgIpc) is 3.22. The van der Waals surface area contributed by atoms with E-state index in [1.165, 1.54) is 23.5 Å². The fourth-order valence-electron chi connectivity index (χ4n) is 2.10. The summed E-state index contributed by atoms with van der Waals surface area (Å²) in [4.78, 5) is 12.1. The summed E-state index contributed by atoms with van der Waals surface area (Å²) >= 11 is 1.40. The van der Waals surface area contributed by atoms with Gasteiger partial charge in [0.1, 0.15) is 11.9 Å². The molecule has 124 valence electrons. The monoisotopic (exact) mass is 346 g/mol. The van der Waals surface area contributed by atoms with Crippen molar-refractivity contribution >= 4 is 28.6 Å². The Hall–Kier alpha value is -2.74. The van der Waals surface area contributed by atoms with Crippen LogP contribution in [0.3, 0.4) is 0 Å². The smallest absolute Gasteiger partial charge is 0.256 e. The summed E-state index contributed by atoms with van der Waals surface area (Å²) in [5.41, 5.74) is 1.22. The number of halogens is 1. The first kappa shape index (κ1) is 16.1. The van der Waals surface area contributed by atoms with E-state index in [0.717, 1.165) is 0 Å². The van der Waals surface area contributed by atoms with Crippen molar-refractivity contribution in [1.82, 2.24) is 10.2 Å². The van der Waals surface area contributed by atoms with Crippen molar-refractivity contribution in [3.63, 3.8) is 0 Å². The molecular formula is C16H15FN4O2S. The number of hydrogen-bond acceptors (Lipinski definition) is 6. The minimum absolute atomic E-state index is 0.102. The van der Waals surface area contributed by atoms with Crippen molar-refractivity contribution in [2.24, 2.45) is 0 Å².